The Balaban J connectivity index is 2.03. The van der Waals surface area contributed by atoms with Crippen molar-refractivity contribution in [2.45, 2.75) is 38.5 Å². The van der Waals surface area contributed by atoms with E-state index in [9.17, 15) is 36.3 Å². The van der Waals surface area contributed by atoms with Crippen LogP contribution in [0, 0.1) is 17.6 Å². The molecule has 1 saturated heterocycles. The van der Waals surface area contributed by atoms with E-state index in [1.54, 1.807) is 5.32 Å². The third-order valence-electron chi connectivity index (χ3n) is 4.64. The summed E-state index contributed by atoms with van der Waals surface area (Å²) in [6.45, 7) is 2.11. The average molecular weight is 442 g/mol. The number of rotatable bonds is 3. The van der Waals surface area contributed by atoms with Gasteiger partial charge in [0.15, 0.2) is 11.6 Å². The Morgan fingerprint density at radius 1 is 1.24 bits per heavy atom. The molecule has 1 aliphatic heterocycles. The summed E-state index contributed by atoms with van der Waals surface area (Å²) in [5.74, 6) is -6.62. The van der Waals surface area contributed by atoms with Crippen molar-refractivity contribution in [1.29, 1.82) is 0 Å². The van der Waals surface area contributed by atoms with Crippen LogP contribution in [-0.2, 0) is 14.4 Å². The number of alkyl halides is 3. The van der Waals surface area contributed by atoms with Crippen molar-refractivity contribution >= 4 is 35.0 Å². The van der Waals surface area contributed by atoms with Gasteiger partial charge in [0.25, 0.3) is 0 Å². The number of amides is 3. The lowest BCUT2D eigenvalue weighted by atomic mass is 10.0. The molecular weight excluding hydrogens is 425 g/mol. The lowest BCUT2D eigenvalue weighted by molar-refractivity contribution is -0.162. The van der Waals surface area contributed by atoms with Crippen LogP contribution >= 0.6 is 11.6 Å². The number of nitrogens with one attached hydrogen (secondary N) is 2. The highest BCUT2D eigenvalue weighted by atomic mass is 35.5. The fraction of sp³-hybridized carbons (Fsp3) is 0.471. The number of carbonyl (C=O) groups is 3. The Morgan fingerprint density at radius 3 is 2.41 bits per heavy atom. The van der Waals surface area contributed by atoms with Gasteiger partial charge in [0, 0.05) is 24.3 Å². The van der Waals surface area contributed by atoms with Crippen molar-refractivity contribution in [1.82, 2.24) is 10.2 Å². The topological polar surface area (TPSA) is 78.5 Å². The molecule has 12 heteroatoms. The highest BCUT2D eigenvalue weighted by Gasteiger charge is 2.42. The van der Waals surface area contributed by atoms with Crippen molar-refractivity contribution < 1.29 is 36.3 Å². The molecule has 1 aromatic carbocycles. The lowest BCUT2D eigenvalue weighted by Crippen LogP contribution is -2.51. The first-order valence-corrected chi connectivity index (χ1v) is 8.84. The first-order chi connectivity index (χ1) is 13.3. The minimum absolute atomic E-state index is 0.0373. The molecule has 0 saturated carbocycles. The van der Waals surface area contributed by atoms with Crippen LogP contribution in [0.3, 0.4) is 0 Å². The number of likely N-dealkylation sites (tertiary alicyclic amines) is 1. The highest BCUT2D eigenvalue weighted by Crippen LogP contribution is 2.28. The molecule has 1 aromatic rings. The molecule has 2 rings (SSSR count). The molecule has 29 heavy (non-hydrogen) atoms. The number of hydrogen-bond donors (Lipinski definition) is 2. The summed E-state index contributed by atoms with van der Waals surface area (Å²) in [6.07, 6.45) is -4.58. The van der Waals surface area contributed by atoms with Crippen LogP contribution in [0.1, 0.15) is 20.3 Å². The Bertz CT molecular complexity index is 810. The number of hydrogen-bond acceptors (Lipinski definition) is 3. The Morgan fingerprint density at radius 2 is 1.86 bits per heavy atom. The zero-order chi connectivity index (χ0) is 22.1. The van der Waals surface area contributed by atoms with Gasteiger partial charge in [-0.2, -0.15) is 13.2 Å². The van der Waals surface area contributed by atoms with Gasteiger partial charge in [0.1, 0.15) is 6.04 Å². The number of nitrogens with zero attached hydrogens (tertiary/aromatic N) is 1. The molecule has 6 nitrogen and oxygen atoms in total. The number of anilines is 1. The number of benzene rings is 1. The summed E-state index contributed by atoms with van der Waals surface area (Å²) >= 11 is 5.52. The molecule has 1 fully saturated rings. The first kappa shape index (κ1) is 22.9. The molecule has 1 aliphatic rings. The monoisotopic (exact) mass is 441 g/mol. The molecule has 0 aliphatic carbocycles. The fourth-order valence-electron chi connectivity index (χ4n) is 2.91. The number of carbonyl (C=O) groups excluding carboxylic acids is 3. The number of halogens is 6. The van der Waals surface area contributed by atoms with Crippen molar-refractivity contribution in [3.8, 4) is 0 Å². The highest BCUT2D eigenvalue weighted by molar-refractivity contribution is 6.35. The smallest absolute Gasteiger partial charge is 0.336 e. The van der Waals surface area contributed by atoms with Crippen LogP contribution in [0.25, 0.3) is 0 Å². The van der Waals surface area contributed by atoms with Gasteiger partial charge in [-0.3, -0.25) is 14.4 Å². The minimum Gasteiger partial charge on any atom is -0.336 e. The van der Waals surface area contributed by atoms with Crippen LogP contribution in [0.15, 0.2) is 12.1 Å². The van der Waals surface area contributed by atoms with E-state index >= 15 is 0 Å². The summed E-state index contributed by atoms with van der Waals surface area (Å²) in [5, 5.41) is 3.38. The predicted octanol–water partition coefficient (Wildman–Crippen LogP) is 2.86. The van der Waals surface area contributed by atoms with Gasteiger partial charge in [0.05, 0.1) is 10.9 Å². The molecule has 1 heterocycles. The zero-order valence-electron chi connectivity index (χ0n) is 15.2. The van der Waals surface area contributed by atoms with E-state index in [4.69, 9.17) is 11.6 Å². The Kier molecular flexibility index (Phi) is 6.71. The second-order valence-corrected chi connectivity index (χ2v) is 7.02. The standard InChI is InChI=1S/C17H17ClF5N3O3/c1-7-10(14(27)25-9-5-11(18)13(20)12(19)6-9)3-4-26(7)16(29)15(28)24-8(2)17(21,22)23/h5-8,10H,3-4H2,1-2H3,(H,24,28)(H,25,27). The van der Waals surface area contributed by atoms with Crippen molar-refractivity contribution in [3.63, 3.8) is 0 Å². The summed E-state index contributed by atoms with van der Waals surface area (Å²) in [7, 11) is 0. The quantitative estimate of drug-likeness (QED) is 0.430. The maximum atomic E-state index is 13.4. The maximum absolute atomic E-state index is 13.4. The largest absolute Gasteiger partial charge is 0.408 e. The van der Waals surface area contributed by atoms with Gasteiger partial charge in [0.2, 0.25) is 5.91 Å². The molecule has 0 radical (unpaired) electrons. The second-order valence-electron chi connectivity index (χ2n) is 6.61. The van der Waals surface area contributed by atoms with Crippen molar-refractivity contribution in [3.05, 3.63) is 28.8 Å². The molecule has 0 bridgehead atoms. The molecule has 160 valence electrons. The van der Waals surface area contributed by atoms with Gasteiger partial charge in [-0.15, -0.1) is 0 Å². The van der Waals surface area contributed by atoms with E-state index in [2.05, 4.69) is 5.32 Å². The predicted molar refractivity (Wildman–Crippen MR) is 92.9 cm³/mol. The van der Waals surface area contributed by atoms with Gasteiger partial charge in [-0.1, -0.05) is 11.6 Å². The third kappa shape index (κ3) is 5.14. The molecular formula is C17H17ClF5N3O3. The lowest BCUT2D eigenvalue weighted by Gasteiger charge is -2.25. The zero-order valence-corrected chi connectivity index (χ0v) is 16.0. The van der Waals surface area contributed by atoms with E-state index in [1.807, 2.05) is 0 Å². The third-order valence-corrected chi connectivity index (χ3v) is 4.91. The van der Waals surface area contributed by atoms with E-state index in [1.165, 1.54) is 6.92 Å². The van der Waals surface area contributed by atoms with Gasteiger partial charge in [-0.05, 0) is 26.3 Å². The van der Waals surface area contributed by atoms with Crippen LogP contribution in [0.2, 0.25) is 5.02 Å². The molecule has 3 unspecified atom stereocenters. The Hall–Kier alpha value is -2.43. The van der Waals surface area contributed by atoms with Gasteiger partial charge < -0.3 is 15.5 Å². The molecule has 2 N–H and O–H groups in total. The van der Waals surface area contributed by atoms with E-state index in [0.717, 1.165) is 17.0 Å². The van der Waals surface area contributed by atoms with E-state index in [0.29, 0.717) is 6.92 Å². The van der Waals surface area contributed by atoms with Crippen LogP contribution in [0.4, 0.5) is 27.6 Å². The van der Waals surface area contributed by atoms with Gasteiger partial charge >= 0.3 is 18.0 Å². The summed E-state index contributed by atoms with van der Waals surface area (Å²) < 4.78 is 64.2. The SMILES string of the molecule is CC1C(C(=O)Nc2cc(F)c(F)c(Cl)c2)CCN1C(=O)C(=O)NC(C)C(F)(F)F. The second kappa shape index (κ2) is 8.52. The molecule has 3 amide bonds. The van der Waals surface area contributed by atoms with Crippen molar-refractivity contribution in [2.75, 3.05) is 11.9 Å². The summed E-state index contributed by atoms with van der Waals surface area (Å²) in [5.41, 5.74) is -0.104. The minimum atomic E-state index is -4.71. The van der Waals surface area contributed by atoms with E-state index in [-0.39, 0.29) is 18.7 Å². The maximum Gasteiger partial charge on any atom is 0.408 e. The summed E-state index contributed by atoms with van der Waals surface area (Å²) in [4.78, 5) is 37.4. The average Bonchev–Trinajstić information content (AvgIpc) is 2.99. The van der Waals surface area contributed by atoms with Crippen molar-refractivity contribution in [2.24, 2.45) is 5.92 Å². The Labute approximate surface area is 167 Å². The molecule has 0 spiro atoms. The normalized spacial score (nSPS) is 20.3. The molecule has 0 aromatic heterocycles. The van der Waals surface area contributed by atoms with Crippen LogP contribution < -0.4 is 10.6 Å². The molecule has 3 atom stereocenters. The van der Waals surface area contributed by atoms with Gasteiger partial charge in [-0.25, -0.2) is 8.78 Å². The van der Waals surface area contributed by atoms with E-state index < -0.39 is 58.6 Å². The van der Waals surface area contributed by atoms with Crippen LogP contribution in [0.5, 0.6) is 0 Å². The van der Waals surface area contributed by atoms with Crippen LogP contribution in [-0.4, -0.2) is 47.4 Å². The summed E-state index contributed by atoms with van der Waals surface area (Å²) in [6, 6.07) is -1.29. The first-order valence-electron chi connectivity index (χ1n) is 8.46. The fourth-order valence-corrected chi connectivity index (χ4v) is 3.12.